The highest BCUT2D eigenvalue weighted by Gasteiger charge is 2.23. The number of ether oxygens (including phenoxy) is 1. The number of carbonyl (C=O) groups excluding carboxylic acids is 2. The summed E-state index contributed by atoms with van der Waals surface area (Å²) in [5.74, 6) is 1.17. The first-order chi connectivity index (χ1) is 13.9. The molecule has 0 saturated heterocycles. The molecule has 3 amide bonds. The Morgan fingerprint density at radius 1 is 1.17 bits per heavy atom. The normalized spacial score (nSPS) is 15.1. The minimum atomic E-state index is -0.253. The standard InChI is InChI=1S/C22H23N3O4/c1-13(15-8-9-19-17(10-15)24-21(26)12-28-19)23-22(27)25(3)14(2)20-11-16-6-4-5-7-18(16)29-20/h4-11,13-14H,12H2,1-3H3,(H,23,27)(H,24,26)/t13-,14+/m1/s1. The van der Waals surface area contributed by atoms with Crippen LogP contribution in [0.15, 0.2) is 52.9 Å². The third-order valence-corrected chi connectivity index (χ3v) is 5.23. The van der Waals surface area contributed by atoms with E-state index >= 15 is 0 Å². The quantitative estimate of drug-likeness (QED) is 0.695. The van der Waals surface area contributed by atoms with Crippen LogP contribution >= 0.6 is 0 Å². The topological polar surface area (TPSA) is 83.8 Å². The van der Waals surface area contributed by atoms with Gasteiger partial charge in [-0.1, -0.05) is 24.3 Å². The van der Waals surface area contributed by atoms with Gasteiger partial charge in [0, 0.05) is 12.4 Å². The van der Waals surface area contributed by atoms with Crippen molar-refractivity contribution in [3.05, 3.63) is 59.9 Å². The van der Waals surface area contributed by atoms with Crippen molar-refractivity contribution in [3.8, 4) is 5.75 Å². The Bertz CT molecular complexity index is 1040. The van der Waals surface area contributed by atoms with Gasteiger partial charge in [0.25, 0.3) is 5.91 Å². The largest absolute Gasteiger partial charge is 0.482 e. The van der Waals surface area contributed by atoms with Crippen LogP contribution in [-0.4, -0.2) is 30.5 Å². The Morgan fingerprint density at radius 2 is 1.97 bits per heavy atom. The van der Waals surface area contributed by atoms with Gasteiger partial charge in [-0.15, -0.1) is 0 Å². The fourth-order valence-electron chi connectivity index (χ4n) is 3.32. The summed E-state index contributed by atoms with van der Waals surface area (Å²) >= 11 is 0. The smallest absolute Gasteiger partial charge is 0.318 e. The van der Waals surface area contributed by atoms with Crippen molar-refractivity contribution in [1.82, 2.24) is 10.2 Å². The van der Waals surface area contributed by atoms with E-state index in [2.05, 4.69) is 10.6 Å². The molecule has 2 heterocycles. The average molecular weight is 393 g/mol. The summed E-state index contributed by atoms with van der Waals surface area (Å²) in [5, 5.41) is 6.78. The maximum atomic E-state index is 12.8. The predicted molar refractivity (Wildman–Crippen MR) is 110 cm³/mol. The average Bonchev–Trinajstić information content (AvgIpc) is 3.16. The molecule has 2 aromatic carbocycles. The van der Waals surface area contributed by atoms with E-state index in [1.165, 1.54) is 0 Å². The van der Waals surface area contributed by atoms with Crippen LogP contribution in [0.1, 0.15) is 37.3 Å². The van der Waals surface area contributed by atoms with Crippen molar-refractivity contribution < 1.29 is 18.7 Å². The fourth-order valence-corrected chi connectivity index (χ4v) is 3.32. The van der Waals surface area contributed by atoms with Crippen LogP contribution in [0, 0.1) is 0 Å². The van der Waals surface area contributed by atoms with E-state index in [1.54, 1.807) is 18.0 Å². The number of furan rings is 1. The zero-order valence-electron chi connectivity index (χ0n) is 16.6. The number of para-hydroxylation sites is 1. The zero-order valence-corrected chi connectivity index (χ0v) is 16.6. The van der Waals surface area contributed by atoms with Crippen molar-refractivity contribution in [1.29, 1.82) is 0 Å². The van der Waals surface area contributed by atoms with E-state index in [-0.39, 0.29) is 30.6 Å². The number of hydrogen-bond acceptors (Lipinski definition) is 4. The number of benzene rings is 2. The van der Waals surface area contributed by atoms with E-state index in [1.807, 2.05) is 56.3 Å². The number of carbonyl (C=O) groups is 2. The molecular formula is C22H23N3O4. The Morgan fingerprint density at radius 3 is 2.76 bits per heavy atom. The number of nitrogens with one attached hydrogen (secondary N) is 2. The third kappa shape index (κ3) is 3.76. The molecular weight excluding hydrogens is 370 g/mol. The van der Waals surface area contributed by atoms with Crippen molar-refractivity contribution in [2.75, 3.05) is 19.0 Å². The zero-order chi connectivity index (χ0) is 20.5. The number of anilines is 1. The van der Waals surface area contributed by atoms with Crippen LogP contribution in [-0.2, 0) is 4.79 Å². The molecule has 2 atom stereocenters. The van der Waals surface area contributed by atoms with Crippen LogP contribution in [0.5, 0.6) is 5.75 Å². The lowest BCUT2D eigenvalue weighted by Gasteiger charge is -2.26. The van der Waals surface area contributed by atoms with E-state index in [4.69, 9.17) is 9.15 Å². The van der Waals surface area contributed by atoms with E-state index in [9.17, 15) is 9.59 Å². The van der Waals surface area contributed by atoms with Crippen molar-refractivity contribution >= 4 is 28.6 Å². The van der Waals surface area contributed by atoms with Gasteiger partial charge in [0.1, 0.15) is 17.1 Å². The summed E-state index contributed by atoms with van der Waals surface area (Å²) in [6, 6.07) is 14.5. The lowest BCUT2D eigenvalue weighted by molar-refractivity contribution is -0.118. The molecule has 29 heavy (non-hydrogen) atoms. The minimum absolute atomic E-state index is 0.0170. The Kier molecular flexibility index (Phi) is 4.88. The maximum absolute atomic E-state index is 12.8. The Hall–Kier alpha value is -3.48. The number of amides is 3. The summed E-state index contributed by atoms with van der Waals surface area (Å²) in [6.07, 6.45) is 0. The summed E-state index contributed by atoms with van der Waals surface area (Å²) < 4.78 is 11.3. The van der Waals surface area contributed by atoms with Gasteiger partial charge in [-0.25, -0.2) is 4.79 Å². The Labute approximate surface area is 168 Å². The molecule has 0 spiro atoms. The summed E-state index contributed by atoms with van der Waals surface area (Å²) in [4.78, 5) is 25.9. The molecule has 0 fully saturated rings. The van der Waals surface area contributed by atoms with Crippen LogP contribution in [0.4, 0.5) is 10.5 Å². The number of nitrogens with zero attached hydrogens (tertiary/aromatic N) is 1. The highest BCUT2D eigenvalue weighted by molar-refractivity contribution is 5.95. The van der Waals surface area contributed by atoms with Gasteiger partial charge in [0.05, 0.1) is 17.8 Å². The van der Waals surface area contributed by atoms with Gasteiger partial charge in [-0.2, -0.15) is 0 Å². The van der Waals surface area contributed by atoms with Gasteiger partial charge in [-0.3, -0.25) is 4.79 Å². The molecule has 0 radical (unpaired) electrons. The maximum Gasteiger partial charge on any atom is 0.318 e. The Balaban J connectivity index is 1.45. The van der Waals surface area contributed by atoms with Gasteiger partial charge >= 0.3 is 6.03 Å². The molecule has 3 aromatic rings. The molecule has 2 N–H and O–H groups in total. The highest BCUT2D eigenvalue weighted by Crippen LogP contribution is 2.31. The number of urea groups is 1. The summed E-state index contributed by atoms with van der Waals surface area (Å²) in [6.45, 7) is 3.83. The van der Waals surface area contributed by atoms with Crippen molar-refractivity contribution in [3.63, 3.8) is 0 Å². The van der Waals surface area contributed by atoms with Gasteiger partial charge in [0.2, 0.25) is 0 Å². The molecule has 0 aliphatic carbocycles. The molecule has 7 heteroatoms. The van der Waals surface area contributed by atoms with Gasteiger partial charge in [0.15, 0.2) is 6.61 Å². The van der Waals surface area contributed by atoms with Crippen LogP contribution in [0.2, 0.25) is 0 Å². The molecule has 0 saturated carbocycles. The summed E-state index contributed by atoms with van der Waals surface area (Å²) in [7, 11) is 1.74. The molecule has 0 unspecified atom stereocenters. The van der Waals surface area contributed by atoms with Gasteiger partial charge in [-0.05, 0) is 43.7 Å². The lowest BCUT2D eigenvalue weighted by Crippen LogP contribution is -2.39. The summed E-state index contributed by atoms with van der Waals surface area (Å²) in [5.41, 5.74) is 2.28. The first-order valence-electron chi connectivity index (χ1n) is 9.51. The van der Waals surface area contributed by atoms with Crippen LogP contribution < -0.4 is 15.4 Å². The molecule has 1 aliphatic heterocycles. The molecule has 150 valence electrons. The monoisotopic (exact) mass is 393 g/mol. The first-order valence-corrected chi connectivity index (χ1v) is 9.51. The van der Waals surface area contributed by atoms with Crippen molar-refractivity contribution in [2.45, 2.75) is 25.9 Å². The molecule has 0 bridgehead atoms. The minimum Gasteiger partial charge on any atom is -0.482 e. The molecule has 1 aliphatic rings. The first kappa shape index (κ1) is 18.9. The van der Waals surface area contributed by atoms with E-state index in [0.29, 0.717) is 11.4 Å². The molecule has 4 rings (SSSR count). The van der Waals surface area contributed by atoms with Crippen LogP contribution in [0.25, 0.3) is 11.0 Å². The highest BCUT2D eigenvalue weighted by atomic mass is 16.5. The number of fused-ring (bicyclic) bond motifs is 2. The SMILES string of the molecule is C[C@@H](NC(=O)N(C)[C@@H](C)c1cc2ccccc2o1)c1ccc2c(c1)NC(=O)CO2. The lowest BCUT2D eigenvalue weighted by atomic mass is 10.1. The van der Waals surface area contributed by atoms with Crippen molar-refractivity contribution in [2.24, 2.45) is 0 Å². The van der Waals surface area contributed by atoms with E-state index in [0.717, 1.165) is 22.3 Å². The van der Waals surface area contributed by atoms with Gasteiger partial charge < -0.3 is 24.7 Å². The second-order valence-corrected chi connectivity index (χ2v) is 7.24. The number of hydrogen-bond donors (Lipinski definition) is 2. The van der Waals surface area contributed by atoms with E-state index < -0.39 is 0 Å². The third-order valence-electron chi connectivity index (χ3n) is 5.23. The molecule has 1 aromatic heterocycles. The second-order valence-electron chi connectivity index (χ2n) is 7.24. The van der Waals surface area contributed by atoms with Crippen LogP contribution in [0.3, 0.4) is 0 Å². The number of rotatable bonds is 4. The fraction of sp³-hybridized carbons (Fsp3) is 0.273. The molecule has 7 nitrogen and oxygen atoms in total. The second kappa shape index (κ2) is 7.50. The predicted octanol–water partition coefficient (Wildman–Crippen LogP) is 4.23.